The summed E-state index contributed by atoms with van der Waals surface area (Å²) < 4.78 is 55.4. The van der Waals surface area contributed by atoms with Crippen LogP contribution in [0.1, 0.15) is 29.2 Å². The topological polar surface area (TPSA) is 137 Å². The van der Waals surface area contributed by atoms with Gasteiger partial charge in [-0.15, -0.1) is 0 Å². The van der Waals surface area contributed by atoms with Crippen LogP contribution >= 0.6 is 0 Å². The van der Waals surface area contributed by atoms with Gasteiger partial charge in [0.05, 0.1) is 29.9 Å². The van der Waals surface area contributed by atoms with E-state index in [9.17, 15) is 18.5 Å². The summed E-state index contributed by atoms with van der Waals surface area (Å²) >= 11 is 0. The molecule has 0 aliphatic carbocycles. The zero-order valence-corrected chi connectivity index (χ0v) is 26.7. The van der Waals surface area contributed by atoms with Crippen molar-refractivity contribution in [1.82, 2.24) is 15.6 Å². The number of amides is 1. The molecule has 6 rings (SSSR count). The van der Waals surface area contributed by atoms with Crippen molar-refractivity contribution >= 4 is 27.3 Å². The fourth-order valence-corrected chi connectivity index (χ4v) is 7.48. The van der Waals surface area contributed by atoms with E-state index in [1.807, 2.05) is 30.3 Å². The molecule has 3 heterocycles. The second-order valence-corrected chi connectivity index (χ2v) is 12.8. The SMILES string of the molecule is CCOc1ncccc1C1(NCc2ccc(N3CCNCC3)cc2)C(=O)N(S(=O)(=O)c2ccc(OC)cc2)c2cc(F)c(C#N)cc21. The summed E-state index contributed by atoms with van der Waals surface area (Å²) in [6, 6.07) is 20.6. The number of anilines is 2. The lowest BCUT2D eigenvalue weighted by atomic mass is 9.83. The predicted octanol–water partition coefficient (Wildman–Crippen LogP) is 3.68. The minimum absolute atomic E-state index is 0.0731. The number of methoxy groups -OCH3 is 1. The van der Waals surface area contributed by atoms with Crippen LogP contribution in [0.4, 0.5) is 15.8 Å². The summed E-state index contributed by atoms with van der Waals surface area (Å²) in [7, 11) is -3.15. The Morgan fingerprint density at radius 2 is 1.79 bits per heavy atom. The Morgan fingerprint density at radius 3 is 2.45 bits per heavy atom. The lowest BCUT2D eigenvalue weighted by Crippen LogP contribution is -2.52. The maximum absolute atomic E-state index is 15.3. The molecule has 1 amide bonds. The van der Waals surface area contributed by atoms with Crippen LogP contribution < -0.4 is 29.3 Å². The van der Waals surface area contributed by atoms with Crippen LogP contribution in [0.25, 0.3) is 0 Å². The van der Waals surface area contributed by atoms with Crippen molar-refractivity contribution in [3.05, 3.63) is 107 Å². The van der Waals surface area contributed by atoms with Gasteiger partial charge < -0.3 is 19.7 Å². The Morgan fingerprint density at radius 1 is 1.06 bits per heavy atom. The minimum atomic E-state index is -4.60. The predicted molar refractivity (Wildman–Crippen MR) is 173 cm³/mol. The zero-order chi connectivity index (χ0) is 33.2. The van der Waals surface area contributed by atoms with E-state index in [2.05, 4.69) is 20.5 Å². The Bertz CT molecular complexity index is 1940. The Hall–Kier alpha value is -5.03. The lowest BCUT2D eigenvalue weighted by Gasteiger charge is -2.32. The van der Waals surface area contributed by atoms with Crippen LogP contribution in [0.2, 0.25) is 0 Å². The van der Waals surface area contributed by atoms with Crippen molar-refractivity contribution in [2.24, 2.45) is 0 Å². The van der Waals surface area contributed by atoms with Gasteiger partial charge in [-0.2, -0.15) is 5.26 Å². The third kappa shape index (κ3) is 5.65. The monoisotopic (exact) mass is 656 g/mol. The van der Waals surface area contributed by atoms with Crippen molar-refractivity contribution in [2.45, 2.75) is 23.9 Å². The fourth-order valence-electron chi connectivity index (χ4n) is 6.02. The molecule has 2 aliphatic heterocycles. The summed E-state index contributed by atoms with van der Waals surface area (Å²) in [6.45, 7) is 5.60. The fraction of sp³-hybridized carbons (Fsp3) is 0.265. The number of piperazine rings is 1. The number of benzene rings is 3. The van der Waals surface area contributed by atoms with E-state index >= 15 is 4.39 Å². The average Bonchev–Trinajstić information content (AvgIpc) is 3.35. The number of hydrogen-bond acceptors (Lipinski definition) is 10. The molecular formula is C34H33FN6O5S. The molecule has 47 heavy (non-hydrogen) atoms. The highest BCUT2D eigenvalue weighted by molar-refractivity contribution is 7.93. The van der Waals surface area contributed by atoms with Gasteiger partial charge >= 0.3 is 0 Å². The average molecular weight is 657 g/mol. The summed E-state index contributed by atoms with van der Waals surface area (Å²) in [5.74, 6) is -1.39. The van der Waals surface area contributed by atoms with Gasteiger partial charge in [0.15, 0.2) is 5.54 Å². The smallest absolute Gasteiger partial charge is 0.270 e. The Kier molecular flexibility index (Phi) is 8.83. The molecule has 1 atom stereocenters. The molecule has 0 radical (unpaired) electrons. The lowest BCUT2D eigenvalue weighted by molar-refractivity contribution is -0.121. The number of sulfonamides is 1. The molecule has 0 spiro atoms. The number of rotatable bonds is 10. The summed E-state index contributed by atoms with van der Waals surface area (Å²) in [5.41, 5.74) is -0.367. The highest BCUT2D eigenvalue weighted by atomic mass is 32.2. The number of pyridine rings is 1. The summed E-state index contributed by atoms with van der Waals surface area (Å²) in [5, 5.41) is 16.5. The van der Waals surface area contributed by atoms with Crippen LogP contribution in [0.3, 0.4) is 0 Å². The Balaban J connectivity index is 1.51. The first-order valence-corrected chi connectivity index (χ1v) is 16.5. The minimum Gasteiger partial charge on any atom is -0.497 e. The van der Waals surface area contributed by atoms with Crippen LogP contribution in [-0.4, -0.2) is 59.2 Å². The van der Waals surface area contributed by atoms with Crippen molar-refractivity contribution in [2.75, 3.05) is 49.1 Å². The molecule has 2 aliphatic rings. The number of carbonyl (C=O) groups is 1. The number of nitriles is 1. The van der Waals surface area contributed by atoms with E-state index in [0.29, 0.717) is 10.1 Å². The van der Waals surface area contributed by atoms with Gasteiger partial charge in [0.1, 0.15) is 17.6 Å². The first kappa shape index (κ1) is 31.9. The molecule has 3 aromatic carbocycles. The van der Waals surface area contributed by atoms with E-state index in [0.717, 1.165) is 43.5 Å². The first-order valence-electron chi connectivity index (χ1n) is 15.1. The van der Waals surface area contributed by atoms with Gasteiger partial charge in [0, 0.05) is 61.8 Å². The molecular weight excluding hydrogens is 623 g/mol. The number of halogens is 1. The standard InChI is InChI=1S/C34H33FN6O5S/c1-3-46-32-28(5-4-14-38-32)34(39-22-23-6-8-25(9-7-23)40-17-15-37-16-18-40)29-19-24(21-36)30(35)20-31(29)41(33(34)42)47(43,44)27-12-10-26(45-2)11-13-27/h4-14,19-20,37,39H,3,15-18,22H2,1-2H3. The highest BCUT2D eigenvalue weighted by Gasteiger charge is 2.58. The molecule has 1 aromatic heterocycles. The number of fused-ring (bicyclic) bond motifs is 1. The van der Waals surface area contributed by atoms with Crippen LogP contribution in [0.15, 0.2) is 83.9 Å². The molecule has 13 heteroatoms. The van der Waals surface area contributed by atoms with E-state index in [4.69, 9.17) is 9.47 Å². The number of aromatic nitrogens is 1. The van der Waals surface area contributed by atoms with Gasteiger partial charge in [0.2, 0.25) is 5.88 Å². The number of ether oxygens (including phenoxy) is 2. The largest absolute Gasteiger partial charge is 0.497 e. The van der Waals surface area contributed by atoms with Gasteiger partial charge in [-0.1, -0.05) is 12.1 Å². The number of carbonyl (C=O) groups excluding carboxylic acids is 1. The van der Waals surface area contributed by atoms with E-state index in [1.165, 1.54) is 43.6 Å². The number of nitrogens with one attached hydrogen (secondary N) is 2. The van der Waals surface area contributed by atoms with Crippen LogP contribution in [0.5, 0.6) is 11.6 Å². The molecule has 11 nitrogen and oxygen atoms in total. The van der Waals surface area contributed by atoms with Crippen molar-refractivity contribution in [1.29, 1.82) is 5.26 Å². The Labute approximate surface area is 272 Å². The third-order valence-electron chi connectivity index (χ3n) is 8.36. The van der Waals surface area contributed by atoms with Gasteiger partial charge in [-0.3, -0.25) is 10.1 Å². The van der Waals surface area contributed by atoms with Crippen molar-refractivity contribution in [3.63, 3.8) is 0 Å². The second-order valence-electron chi connectivity index (χ2n) is 11.0. The van der Waals surface area contributed by atoms with Crippen LogP contribution in [-0.2, 0) is 26.9 Å². The zero-order valence-electron chi connectivity index (χ0n) is 25.9. The summed E-state index contributed by atoms with van der Waals surface area (Å²) in [6.07, 6.45) is 1.49. The van der Waals surface area contributed by atoms with Gasteiger partial charge in [-0.05, 0) is 67.1 Å². The van der Waals surface area contributed by atoms with Crippen molar-refractivity contribution < 1.29 is 27.1 Å². The third-order valence-corrected chi connectivity index (χ3v) is 10.1. The molecule has 0 bridgehead atoms. The van der Waals surface area contributed by atoms with Gasteiger partial charge in [-0.25, -0.2) is 22.1 Å². The molecule has 2 N–H and O–H groups in total. The van der Waals surface area contributed by atoms with E-state index in [-0.39, 0.29) is 46.3 Å². The summed E-state index contributed by atoms with van der Waals surface area (Å²) in [4.78, 5) is 21.4. The maximum Gasteiger partial charge on any atom is 0.270 e. The second kappa shape index (κ2) is 13.0. The normalized spacial score (nSPS) is 17.7. The number of nitrogens with zero attached hydrogens (tertiary/aromatic N) is 4. The first-order chi connectivity index (χ1) is 22.7. The molecule has 1 unspecified atom stereocenters. The van der Waals surface area contributed by atoms with E-state index in [1.54, 1.807) is 19.1 Å². The quantitative estimate of drug-likeness (QED) is 0.260. The van der Waals surface area contributed by atoms with E-state index < -0.39 is 27.3 Å². The molecule has 242 valence electrons. The van der Waals surface area contributed by atoms with Crippen molar-refractivity contribution in [3.8, 4) is 17.7 Å². The molecule has 1 saturated heterocycles. The molecule has 4 aromatic rings. The molecule has 1 fully saturated rings. The molecule has 0 saturated carbocycles. The van der Waals surface area contributed by atoms with Crippen LogP contribution in [0, 0.1) is 17.1 Å². The number of hydrogen-bond donors (Lipinski definition) is 2. The maximum atomic E-state index is 15.3. The van der Waals surface area contributed by atoms with Gasteiger partial charge in [0.25, 0.3) is 15.9 Å². The highest BCUT2D eigenvalue weighted by Crippen LogP contribution is 2.49.